The molecule has 0 aliphatic heterocycles. The van der Waals surface area contributed by atoms with Crippen molar-refractivity contribution in [2.75, 3.05) is 6.54 Å². The average Bonchev–Trinajstić information content (AvgIpc) is 2.41. The number of aliphatic carboxylic acids is 3. The number of carbonyl (C=O) groups is 4. The minimum Gasteiger partial charge on any atom is -0.481 e. The third-order valence-electron chi connectivity index (χ3n) is 2.73. The fourth-order valence-electron chi connectivity index (χ4n) is 1.57. The van der Waals surface area contributed by atoms with E-state index < -0.39 is 42.6 Å². The van der Waals surface area contributed by atoms with E-state index in [1.54, 1.807) is 0 Å². The van der Waals surface area contributed by atoms with Gasteiger partial charge in [-0.1, -0.05) is 0 Å². The minimum absolute atomic E-state index is 0.0884. The Morgan fingerprint density at radius 3 is 2.09 bits per heavy atom. The number of rotatable bonds is 11. The molecule has 0 fully saturated rings. The van der Waals surface area contributed by atoms with Crippen LogP contribution in [-0.2, 0) is 19.1 Å². The van der Waals surface area contributed by atoms with Crippen molar-refractivity contribution in [3.8, 4) is 0 Å². The van der Waals surface area contributed by atoms with E-state index in [9.17, 15) is 19.2 Å². The summed E-state index contributed by atoms with van der Waals surface area (Å²) in [5.41, 5.74) is 3.60. The highest BCUT2D eigenvalue weighted by atomic mass is 16.6. The normalized spacial score (nSPS) is 13.0. The van der Waals surface area contributed by atoms with Gasteiger partial charge < -0.3 is 31.1 Å². The maximum atomic E-state index is 11.5. The van der Waals surface area contributed by atoms with Gasteiger partial charge >= 0.3 is 24.0 Å². The Morgan fingerprint density at radius 1 is 1.00 bits per heavy atom. The number of carboxylic acids is 3. The Balaban J connectivity index is 4.47. The van der Waals surface area contributed by atoms with Gasteiger partial charge in [-0.25, -0.2) is 14.4 Å². The lowest BCUT2D eigenvalue weighted by Crippen LogP contribution is -2.50. The van der Waals surface area contributed by atoms with Gasteiger partial charge in [-0.15, -0.1) is 0 Å². The number of carbonyl (C=O) groups excluding carboxylic acids is 1. The highest BCUT2D eigenvalue weighted by molar-refractivity contribution is 5.82. The van der Waals surface area contributed by atoms with E-state index in [0.29, 0.717) is 19.4 Å². The van der Waals surface area contributed by atoms with Crippen molar-refractivity contribution in [2.24, 2.45) is 0 Å². The highest BCUT2D eigenvalue weighted by Crippen LogP contribution is 2.06. The smallest absolute Gasteiger partial charge is 0.408 e. The van der Waals surface area contributed by atoms with Crippen LogP contribution in [0.5, 0.6) is 0 Å². The molecule has 7 N–H and O–H groups in total. The summed E-state index contributed by atoms with van der Waals surface area (Å²) >= 11 is 0. The standard InChI is InChI=1S/C12H20N2O8/c13-6-2-1-3-8(11(19)20)22-12(21)14-7(10(17)18)4-5-9(15)16/h7-8H,1-6,13H2,(H,14,21)(H,15,16)(H,17,18)(H,19,20)/p+1/t7-,8-/m0/s1. The molecular formula is C12H21N2O8+. The summed E-state index contributed by atoms with van der Waals surface area (Å²) in [5.74, 6) is -3.98. The minimum atomic E-state index is -1.46. The second-order valence-electron chi connectivity index (χ2n) is 4.55. The summed E-state index contributed by atoms with van der Waals surface area (Å²) in [5, 5.41) is 28.2. The van der Waals surface area contributed by atoms with Crippen LogP contribution < -0.4 is 11.1 Å². The molecule has 0 aromatic heterocycles. The molecule has 0 aliphatic carbocycles. The van der Waals surface area contributed by atoms with Crippen LogP contribution in [0.3, 0.4) is 0 Å². The van der Waals surface area contributed by atoms with Gasteiger partial charge in [0.15, 0.2) is 0 Å². The molecule has 0 heterocycles. The number of nitrogens with one attached hydrogen (secondary N) is 1. The predicted octanol–water partition coefficient (Wildman–Crippen LogP) is -1.10. The van der Waals surface area contributed by atoms with Crippen molar-refractivity contribution in [1.82, 2.24) is 5.32 Å². The SMILES string of the molecule is [NH3+]CCCC[C@H](OC(=O)N[C@@H](CCC(=O)O)C(=O)O)C(=O)O. The van der Waals surface area contributed by atoms with E-state index in [4.69, 9.17) is 15.3 Å². The van der Waals surface area contributed by atoms with Crippen LogP contribution in [0.15, 0.2) is 0 Å². The molecule has 0 aromatic rings. The zero-order chi connectivity index (χ0) is 17.1. The van der Waals surface area contributed by atoms with Gasteiger partial charge in [-0.05, 0) is 25.7 Å². The van der Waals surface area contributed by atoms with Gasteiger partial charge in [0.05, 0.1) is 6.54 Å². The van der Waals surface area contributed by atoms with Gasteiger partial charge in [0.1, 0.15) is 6.04 Å². The van der Waals surface area contributed by atoms with Crippen LogP contribution in [0.1, 0.15) is 32.1 Å². The fraction of sp³-hybridized carbons (Fsp3) is 0.667. The lowest BCUT2D eigenvalue weighted by Gasteiger charge is -2.17. The monoisotopic (exact) mass is 321 g/mol. The maximum absolute atomic E-state index is 11.5. The zero-order valence-electron chi connectivity index (χ0n) is 12.0. The first-order valence-electron chi connectivity index (χ1n) is 6.71. The van der Waals surface area contributed by atoms with E-state index in [1.807, 2.05) is 5.32 Å². The van der Waals surface area contributed by atoms with Crippen molar-refractivity contribution in [3.05, 3.63) is 0 Å². The van der Waals surface area contributed by atoms with Crippen LogP contribution in [0, 0.1) is 0 Å². The van der Waals surface area contributed by atoms with Gasteiger partial charge in [0.25, 0.3) is 0 Å². The number of carboxylic acid groups (broad SMARTS) is 3. The molecule has 2 atom stereocenters. The van der Waals surface area contributed by atoms with Crippen molar-refractivity contribution in [2.45, 2.75) is 44.2 Å². The molecule has 10 nitrogen and oxygen atoms in total. The quantitative estimate of drug-likeness (QED) is 0.297. The highest BCUT2D eigenvalue weighted by Gasteiger charge is 2.26. The van der Waals surface area contributed by atoms with E-state index in [-0.39, 0.29) is 12.8 Å². The summed E-state index contributed by atoms with van der Waals surface area (Å²) in [6.45, 7) is 0.620. The molecule has 0 unspecified atom stereocenters. The van der Waals surface area contributed by atoms with Gasteiger partial charge in [-0.3, -0.25) is 4.79 Å². The number of amides is 1. The number of ether oxygens (including phenoxy) is 1. The second-order valence-corrected chi connectivity index (χ2v) is 4.55. The summed E-state index contributed by atoms with van der Waals surface area (Å²) in [7, 11) is 0. The van der Waals surface area contributed by atoms with Crippen LogP contribution in [-0.4, -0.2) is 58.0 Å². The summed E-state index contributed by atoms with van der Waals surface area (Å²) < 4.78 is 4.67. The van der Waals surface area contributed by atoms with Gasteiger partial charge in [-0.2, -0.15) is 0 Å². The molecule has 22 heavy (non-hydrogen) atoms. The molecule has 0 aromatic carbocycles. The number of alkyl carbamates (subject to hydrolysis) is 1. The molecule has 0 saturated heterocycles. The Kier molecular flexibility index (Phi) is 9.27. The molecule has 0 rings (SSSR count). The van der Waals surface area contributed by atoms with Gasteiger partial charge in [0, 0.05) is 6.42 Å². The van der Waals surface area contributed by atoms with Crippen molar-refractivity contribution < 1.29 is 45.0 Å². The van der Waals surface area contributed by atoms with Crippen LogP contribution >= 0.6 is 0 Å². The summed E-state index contributed by atoms with van der Waals surface area (Å²) in [4.78, 5) is 43.8. The Bertz CT molecular complexity index is 412. The van der Waals surface area contributed by atoms with Gasteiger partial charge in [0.2, 0.25) is 6.10 Å². The van der Waals surface area contributed by atoms with E-state index in [2.05, 4.69) is 10.5 Å². The first-order valence-corrected chi connectivity index (χ1v) is 6.71. The van der Waals surface area contributed by atoms with Crippen molar-refractivity contribution >= 4 is 24.0 Å². The van der Waals surface area contributed by atoms with Crippen LogP contribution in [0.4, 0.5) is 4.79 Å². The molecule has 0 radical (unpaired) electrons. The number of hydrogen-bond acceptors (Lipinski definition) is 5. The maximum Gasteiger partial charge on any atom is 0.408 e. The average molecular weight is 321 g/mol. The molecule has 0 spiro atoms. The molecule has 0 bridgehead atoms. The lowest BCUT2D eigenvalue weighted by molar-refractivity contribution is -0.368. The van der Waals surface area contributed by atoms with E-state index in [1.165, 1.54) is 0 Å². The van der Waals surface area contributed by atoms with E-state index >= 15 is 0 Å². The van der Waals surface area contributed by atoms with Crippen molar-refractivity contribution in [1.29, 1.82) is 0 Å². The molecule has 0 aliphatic rings. The predicted molar refractivity (Wildman–Crippen MR) is 70.9 cm³/mol. The Hall–Kier alpha value is -2.36. The third kappa shape index (κ3) is 8.74. The molecule has 0 saturated carbocycles. The number of quaternary nitrogens is 1. The Labute approximate surface area is 126 Å². The third-order valence-corrected chi connectivity index (χ3v) is 2.73. The second kappa shape index (κ2) is 10.4. The lowest BCUT2D eigenvalue weighted by atomic mass is 10.1. The first-order chi connectivity index (χ1) is 10.3. The fourth-order valence-corrected chi connectivity index (χ4v) is 1.57. The Morgan fingerprint density at radius 2 is 1.64 bits per heavy atom. The molecule has 10 heteroatoms. The largest absolute Gasteiger partial charge is 0.481 e. The molecular weight excluding hydrogens is 300 g/mol. The molecule has 1 amide bonds. The van der Waals surface area contributed by atoms with Crippen LogP contribution in [0.25, 0.3) is 0 Å². The summed E-state index contributed by atoms with van der Waals surface area (Å²) in [6.07, 6.45) is -2.13. The topological polar surface area (TPSA) is 178 Å². The van der Waals surface area contributed by atoms with Crippen molar-refractivity contribution in [3.63, 3.8) is 0 Å². The summed E-state index contributed by atoms with van der Waals surface area (Å²) in [6, 6.07) is -1.46. The first kappa shape index (κ1) is 19.6. The molecule has 126 valence electrons. The zero-order valence-corrected chi connectivity index (χ0v) is 12.0. The number of hydrogen-bond donors (Lipinski definition) is 5. The van der Waals surface area contributed by atoms with Crippen LogP contribution in [0.2, 0.25) is 0 Å². The number of unbranched alkanes of at least 4 members (excludes halogenated alkanes) is 1. The van der Waals surface area contributed by atoms with E-state index in [0.717, 1.165) is 0 Å².